The molecule has 37 heavy (non-hydrogen) atoms. The molecule has 0 aliphatic heterocycles. The summed E-state index contributed by atoms with van der Waals surface area (Å²) in [5.74, 6) is -1.24. The lowest BCUT2D eigenvalue weighted by Crippen LogP contribution is -2.35. The van der Waals surface area contributed by atoms with Gasteiger partial charge >= 0.3 is 0 Å². The molecule has 0 saturated heterocycles. The van der Waals surface area contributed by atoms with Crippen LogP contribution in [-0.4, -0.2) is 23.4 Å². The molecule has 2 aromatic carbocycles. The number of benzene rings is 2. The molecule has 9 heteroatoms. The molecule has 0 bridgehead atoms. The average molecular weight is 494 g/mol. The Labute approximate surface area is 213 Å². The molecule has 2 amide bonds. The van der Waals surface area contributed by atoms with Crippen molar-refractivity contribution in [3.8, 4) is 0 Å². The molecular formula is C28H23N5O4. The second-order valence-corrected chi connectivity index (χ2v) is 7.78. The van der Waals surface area contributed by atoms with Crippen LogP contribution in [-0.2, 0) is 9.59 Å². The van der Waals surface area contributed by atoms with Crippen LogP contribution < -0.4 is 27.0 Å². The van der Waals surface area contributed by atoms with Crippen LogP contribution in [0.2, 0.25) is 0 Å². The van der Waals surface area contributed by atoms with Crippen LogP contribution in [0.15, 0.2) is 121 Å². The van der Waals surface area contributed by atoms with Gasteiger partial charge in [-0.15, -0.1) is 0 Å². The molecule has 2 aliphatic carbocycles. The summed E-state index contributed by atoms with van der Waals surface area (Å²) < 4.78 is 0. The van der Waals surface area contributed by atoms with Gasteiger partial charge in [-0.25, -0.2) is 0 Å². The number of carbonyl (C=O) groups excluding carboxylic acids is 4. The standard InChI is InChI=1S/C28H23N5O4/c34-25-15-7-1-9-19(25)17-29-32-27(36)21-11-3-5-13-23(21)31-24-14-6-4-12-22(24)28(37)33-30-18-20-10-2-8-16-26(20)35/h1-18,29-31H,(H,32,36)(H,33,37)/b19-17+,20-18+. The fraction of sp³-hybridized carbons (Fsp3) is 0. The van der Waals surface area contributed by atoms with E-state index in [1.807, 2.05) is 0 Å². The number of hydrogen-bond donors (Lipinski definition) is 5. The summed E-state index contributed by atoms with van der Waals surface area (Å²) in [6.07, 6.45) is 15.7. The van der Waals surface area contributed by atoms with E-state index in [1.54, 1.807) is 85.0 Å². The maximum absolute atomic E-state index is 12.8. The van der Waals surface area contributed by atoms with Gasteiger partial charge in [0.15, 0.2) is 11.6 Å². The predicted molar refractivity (Wildman–Crippen MR) is 140 cm³/mol. The summed E-state index contributed by atoms with van der Waals surface area (Å²) in [6.45, 7) is 0. The lowest BCUT2D eigenvalue weighted by atomic mass is 10.1. The first-order valence-electron chi connectivity index (χ1n) is 11.3. The monoisotopic (exact) mass is 493 g/mol. The van der Waals surface area contributed by atoms with E-state index in [2.05, 4.69) is 27.0 Å². The third-order valence-electron chi connectivity index (χ3n) is 5.28. The maximum atomic E-state index is 12.8. The van der Waals surface area contributed by atoms with Crippen LogP contribution in [0.4, 0.5) is 11.4 Å². The second kappa shape index (κ2) is 11.8. The van der Waals surface area contributed by atoms with E-state index in [4.69, 9.17) is 0 Å². The maximum Gasteiger partial charge on any atom is 0.271 e. The van der Waals surface area contributed by atoms with Gasteiger partial charge in [-0.05, 0) is 48.6 Å². The summed E-state index contributed by atoms with van der Waals surface area (Å²) in [5.41, 5.74) is 12.7. The highest BCUT2D eigenvalue weighted by Gasteiger charge is 2.15. The molecule has 0 saturated carbocycles. The fourth-order valence-electron chi connectivity index (χ4n) is 3.42. The average Bonchev–Trinajstić information content (AvgIpc) is 2.91. The number of anilines is 2. The third-order valence-corrected chi connectivity index (χ3v) is 5.28. The highest BCUT2D eigenvalue weighted by atomic mass is 16.2. The van der Waals surface area contributed by atoms with Crippen molar-refractivity contribution in [2.75, 3.05) is 5.32 Å². The molecule has 2 aromatic rings. The number of ketones is 2. The van der Waals surface area contributed by atoms with Gasteiger partial charge in [0, 0.05) is 23.5 Å². The Hall–Kier alpha value is -5.44. The fourth-order valence-corrected chi connectivity index (χ4v) is 3.42. The second-order valence-electron chi connectivity index (χ2n) is 7.78. The van der Waals surface area contributed by atoms with E-state index in [0.29, 0.717) is 33.6 Å². The smallest absolute Gasteiger partial charge is 0.271 e. The van der Waals surface area contributed by atoms with Gasteiger partial charge in [-0.1, -0.05) is 48.6 Å². The Kier molecular flexibility index (Phi) is 7.87. The summed E-state index contributed by atoms with van der Waals surface area (Å²) in [4.78, 5) is 49.3. The summed E-state index contributed by atoms with van der Waals surface area (Å²) in [6, 6.07) is 13.6. The van der Waals surface area contributed by atoms with E-state index < -0.39 is 11.8 Å². The van der Waals surface area contributed by atoms with Crippen molar-refractivity contribution in [2.24, 2.45) is 0 Å². The van der Waals surface area contributed by atoms with Gasteiger partial charge in [-0.2, -0.15) is 0 Å². The van der Waals surface area contributed by atoms with E-state index >= 15 is 0 Å². The van der Waals surface area contributed by atoms with Gasteiger partial charge in [0.25, 0.3) is 11.8 Å². The normalized spacial score (nSPS) is 16.1. The first-order valence-corrected chi connectivity index (χ1v) is 11.3. The van der Waals surface area contributed by atoms with Crippen molar-refractivity contribution in [3.63, 3.8) is 0 Å². The Morgan fingerprint density at radius 1 is 0.568 bits per heavy atom. The minimum atomic E-state index is -0.447. The molecule has 0 atom stereocenters. The first-order chi connectivity index (χ1) is 18.0. The Bertz CT molecular complexity index is 1320. The first kappa shape index (κ1) is 24.7. The van der Waals surface area contributed by atoms with Crippen molar-refractivity contribution >= 4 is 34.8 Å². The molecule has 0 spiro atoms. The quantitative estimate of drug-likeness (QED) is 0.282. The summed E-state index contributed by atoms with van der Waals surface area (Å²) in [5, 5.41) is 3.14. The largest absolute Gasteiger partial charge is 0.354 e. The minimum Gasteiger partial charge on any atom is -0.354 e. The van der Waals surface area contributed by atoms with Gasteiger partial charge in [0.1, 0.15) is 0 Å². The number of nitrogens with one attached hydrogen (secondary N) is 5. The Balaban J connectivity index is 1.43. The number of amides is 2. The van der Waals surface area contributed by atoms with Crippen LogP contribution in [0.25, 0.3) is 0 Å². The molecular weight excluding hydrogens is 470 g/mol. The number of carbonyl (C=O) groups is 4. The number of hydrogen-bond acceptors (Lipinski definition) is 7. The number of para-hydroxylation sites is 2. The molecule has 0 radical (unpaired) electrons. The minimum absolute atomic E-state index is 0.175. The molecule has 184 valence electrons. The molecule has 9 nitrogen and oxygen atoms in total. The van der Waals surface area contributed by atoms with Gasteiger partial charge < -0.3 is 16.2 Å². The zero-order valence-corrected chi connectivity index (χ0v) is 19.5. The molecule has 0 aromatic heterocycles. The van der Waals surface area contributed by atoms with Crippen LogP contribution in [0, 0.1) is 0 Å². The zero-order valence-electron chi connectivity index (χ0n) is 19.5. The van der Waals surface area contributed by atoms with Crippen molar-refractivity contribution in [1.29, 1.82) is 0 Å². The van der Waals surface area contributed by atoms with Gasteiger partial charge in [0.05, 0.1) is 22.5 Å². The van der Waals surface area contributed by atoms with E-state index in [-0.39, 0.29) is 11.6 Å². The SMILES string of the molecule is O=C1C=CC=C/C1=C\NNC(=O)c1ccccc1Nc1ccccc1C(=O)NN/C=C1\C=CC=CC1=O. The van der Waals surface area contributed by atoms with Crippen molar-refractivity contribution in [2.45, 2.75) is 0 Å². The third kappa shape index (κ3) is 6.37. The van der Waals surface area contributed by atoms with Crippen LogP contribution >= 0.6 is 0 Å². The molecule has 0 unspecified atom stereocenters. The Morgan fingerprint density at radius 2 is 0.973 bits per heavy atom. The van der Waals surface area contributed by atoms with Crippen molar-refractivity contribution < 1.29 is 19.2 Å². The number of hydrazine groups is 2. The van der Waals surface area contributed by atoms with Gasteiger partial charge in [0.2, 0.25) is 0 Å². The molecule has 0 fully saturated rings. The molecule has 0 heterocycles. The van der Waals surface area contributed by atoms with Crippen molar-refractivity contribution in [3.05, 3.63) is 132 Å². The number of rotatable bonds is 8. The molecule has 5 N–H and O–H groups in total. The topological polar surface area (TPSA) is 128 Å². The van der Waals surface area contributed by atoms with E-state index in [0.717, 1.165) is 0 Å². The van der Waals surface area contributed by atoms with Crippen LogP contribution in [0.1, 0.15) is 20.7 Å². The lowest BCUT2D eigenvalue weighted by molar-refractivity contribution is -0.111. The van der Waals surface area contributed by atoms with Gasteiger partial charge in [-0.3, -0.25) is 30.0 Å². The molecule has 2 aliphatic rings. The van der Waals surface area contributed by atoms with Crippen LogP contribution in [0.3, 0.4) is 0 Å². The zero-order chi connectivity index (χ0) is 26.0. The number of allylic oxidation sites excluding steroid dienone is 10. The Morgan fingerprint density at radius 3 is 1.41 bits per heavy atom. The molecule has 4 rings (SSSR count). The summed E-state index contributed by atoms with van der Waals surface area (Å²) in [7, 11) is 0. The van der Waals surface area contributed by atoms with E-state index in [1.165, 1.54) is 24.6 Å². The predicted octanol–water partition coefficient (Wildman–Crippen LogP) is 3.06. The highest BCUT2D eigenvalue weighted by Crippen LogP contribution is 2.24. The van der Waals surface area contributed by atoms with Crippen molar-refractivity contribution in [1.82, 2.24) is 21.7 Å². The lowest BCUT2D eigenvalue weighted by Gasteiger charge is -2.15. The van der Waals surface area contributed by atoms with E-state index in [9.17, 15) is 19.2 Å². The summed E-state index contributed by atoms with van der Waals surface area (Å²) >= 11 is 0. The van der Waals surface area contributed by atoms with Crippen LogP contribution in [0.5, 0.6) is 0 Å². The highest BCUT2D eigenvalue weighted by molar-refractivity contribution is 6.08.